The topological polar surface area (TPSA) is 183 Å². The van der Waals surface area contributed by atoms with Crippen LogP contribution in [0.3, 0.4) is 0 Å². The Morgan fingerprint density at radius 1 is 1.21 bits per heavy atom. The number of hydrogen-bond donors (Lipinski definition) is 3. The fourth-order valence-electron chi connectivity index (χ4n) is 3.95. The van der Waals surface area contributed by atoms with E-state index in [-0.39, 0.29) is 43.0 Å². The van der Waals surface area contributed by atoms with E-state index in [0.29, 0.717) is 36.2 Å². The van der Waals surface area contributed by atoms with Crippen LogP contribution < -0.4 is 16.2 Å². The summed E-state index contributed by atoms with van der Waals surface area (Å²) in [5.41, 5.74) is 6.65. The van der Waals surface area contributed by atoms with Crippen molar-refractivity contribution in [2.45, 2.75) is 56.9 Å². The number of nitrogens with two attached hydrogens (primary N) is 1. The van der Waals surface area contributed by atoms with E-state index >= 15 is 0 Å². The number of fused-ring (bicyclic) bond motifs is 1. The predicted molar refractivity (Wildman–Crippen MR) is 145 cm³/mol. The highest BCUT2D eigenvalue weighted by Gasteiger charge is 2.25. The van der Waals surface area contributed by atoms with Crippen LogP contribution in [-0.4, -0.2) is 76.7 Å². The van der Waals surface area contributed by atoms with Crippen LogP contribution >= 0.6 is 0 Å². The molecule has 0 saturated carbocycles. The molecule has 0 aliphatic rings. The molecule has 3 rings (SSSR count). The molecule has 3 aromatic rings. The summed E-state index contributed by atoms with van der Waals surface area (Å²) in [6.07, 6.45) is 2.68. The molecule has 0 fully saturated rings. The molecule has 1 atom stereocenters. The number of carbonyl (C=O) groups is 1. The molecule has 0 amide bonds. The molecule has 0 spiro atoms. The van der Waals surface area contributed by atoms with E-state index in [9.17, 15) is 23.1 Å². The zero-order valence-electron chi connectivity index (χ0n) is 22.4. The van der Waals surface area contributed by atoms with E-state index in [4.69, 9.17) is 15.2 Å². The van der Waals surface area contributed by atoms with Crippen LogP contribution in [0.15, 0.2) is 34.0 Å². The highest BCUT2D eigenvalue weighted by atomic mass is 32.2. The Morgan fingerprint density at radius 3 is 2.67 bits per heavy atom. The quantitative estimate of drug-likeness (QED) is 0.218. The minimum absolute atomic E-state index is 0.0137. The summed E-state index contributed by atoms with van der Waals surface area (Å²) >= 11 is 0. The molecule has 13 nitrogen and oxygen atoms in total. The number of aromatic amines is 1. The third-order valence-electron chi connectivity index (χ3n) is 6.31. The second-order valence-electron chi connectivity index (χ2n) is 9.11. The van der Waals surface area contributed by atoms with Gasteiger partial charge in [0.25, 0.3) is 0 Å². The van der Waals surface area contributed by atoms with Crippen LogP contribution in [-0.2, 0) is 26.1 Å². The minimum Gasteiger partial charge on any atom is -0.481 e. The van der Waals surface area contributed by atoms with E-state index in [2.05, 4.69) is 15.0 Å². The van der Waals surface area contributed by atoms with Gasteiger partial charge in [0, 0.05) is 26.7 Å². The van der Waals surface area contributed by atoms with E-state index in [1.54, 1.807) is 6.07 Å². The number of hydrogen-bond acceptors (Lipinski definition) is 9. The average molecular weight is 565 g/mol. The molecular formula is C25H36N6O7S. The van der Waals surface area contributed by atoms with E-state index in [0.717, 1.165) is 12.8 Å². The van der Waals surface area contributed by atoms with E-state index in [1.165, 1.54) is 41.1 Å². The molecule has 1 unspecified atom stereocenters. The molecule has 0 aliphatic carbocycles. The third-order valence-corrected chi connectivity index (χ3v) is 8.20. The number of nitrogen functional groups attached to an aromatic ring is 1. The first-order chi connectivity index (χ1) is 18.6. The number of nitrogens with one attached hydrogen (secondary N) is 1. The van der Waals surface area contributed by atoms with Crippen LogP contribution in [0.5, 0.6) is 6.01 Å². The van der Waals surface area contributed by atoms with Crippen molar-refractivity contribution in [2.75, 3.05) is 39.1 Å². The molecule has 2 heterocycles. The Kier molecular flexibility index (Phi) is 10.4. The summed E-state index contributed by atoms with van der Waals surface area (Å²) in [6, 6.07) is 6.06. The third kappa shape index (κ3) is 7.34. The number of carboxylic acid groups (broad SMARTS) is 1. The minimum atomic E-state index is -3.92. The van der Waals surface area contributed by atoms with Gasteiger partial charge in [-0.3, -0.25) is 9.36 Å². The number of H-pyrrole nitrogens is 1. The Bertz CT molecular complexity index is 1440. The van der Waals surface area contributed by atoms with Crippen molar-refractivity contribution < 1.29 is 27.8 Å². The number of anilines is 1. The van der Waals surface area contributed by atoms with Crippen molar-refractivity contribution in [3.8, 4) is 6.01 Å². The summed E-state index contributed by atoms with van der Waals surface area (Å²) in [6.45, 7) is 4.71. The first-order valence-electron chi connectivity index (χ1n) is 12.8. The lowest BCUT2D eigenvalue weighted by Crippen LogP contribution is -2.35. The number of rotatable bonds is 16. The summed E-state index contributed by atoms with van der Waals surface area (Å²) in [4.78, 5) is 35.1. The maximum atomic E-state index is 13.4. The molecule has 14 heteroatoms. The standard InChI is InChI=1S/C25H36N6O7S/c1-4-5-14-38-24-28-21(26)20-22(29-24)31(25(34)27-20)12-7-6-11-30(13-15-37-3)39(35,36)19-10-8-9-18(16-19)17(2)23(32)33/h8-10,16-17H,4-7,11-15H2,1-3H3,(H,27,34)(H,32,33)(H2,26,28,29). The SMILES string of the molecule is CCCCOc1nc(N)c2[nH]c(=O)n(CCCCN(CCOC)S(=O)(=O)c3cccc(C(C)C(=O)O)c3)c2n1. The molecule has 214 valence electrons. The zero-order valence-corrected chi connectivity index (χ0v) is 23.2. The largest absolute Gasteiger partial charge is 0.481 e. The summed E-state index contributed by atoms with van der Waals surface area (Å²) in [5, 5.41) is 9.32. The van der Waals surface area contributed by atoms with Crippen molar-refractivity contribution in [1.82, 2.24) is 23.8 Å². The number of aliphatic carboxylic acids is 1. The second-order valence-corrected chi connectivity index (χ2v) is 11.0. The molecule has 0 saturated heterocycles. The Balaban J connectivity index is 1.74. The van der Waals surface area contributed by atoms with Gasteiger partial charge in [0.1, 0.15) is 5.52 Å². The van der Waals surface area contributed by atoms with Crippen molar-refractivity contribution >= 4 is 33.0 Å². The Labute approximate surface area is 227 Å². The first kappa shape index (κ1) is 30.1. The van der Waals surface area contributed by atoms with Crippen molar-refractivity contribution in [1.29, 1.82) is 0 Å². The number of aromatic nitrogens is 4. The van der Waals surface area contributed by atoms with Gasteiger partial charge < -0.3 is 25.3 Å². The highest BCUT2D eigenvalue weighted by Crippen LogP contribution is 2.23. The van der Waals surface area contributed by atoms with Gasteiger partial charge in [0.05, 0.1) is 24.0 Å². The van der Waals surface area contributed by atoms with Crippen LogP contribution in [0.25, 0.3) is 11.2 Å². The van der Waals surface area contributed by atoms with Gasteiger partial charge in [0.2, 0.25) is 10.0 Å². The first-order valence-corrected chi connectivity index (χ1v) is 14.2. The van der Waals surface area contributed by atoms with Crippen LogP contribution in [0, 0.1) is 0 Å². The van der Waals surface area contributed by atoms with Gasteiger partial charge in [0.15, 0.2) is 11.5 Å². The van der Waals surface area contributed by atoms with Crippen molar-refractivity contribution in [2.24, 2.45) is 0 Å². The number of ether oxygens (including phenoxy) is 2. The fourth-order valence-corrected chi connectivity index (χ4v) is 5.47. The summed E-state index contributed by atoms with van der Waals surface area (Å²) in [5.74, 6) is -1.78. The van der Waals surface area contributed by atoms with E-state index in [1.807, 2.05) is 6.92 Å². The molecule has 0 bridgehead atoms. The molecule has 1 aromatic carbocycles. The van der Waals surface area contributed by atoms with Gasteiger partial charge in [-0.2, -0.15) is 14.3 Å². The van der Waals surface area contributed by atoms with Gasteiger partial charge in [-0.05, 0) is 43.9 Å². The maximum Gasteiger partial charge on any atom is 0.327 e. The molecule has 2 aromatic heterocycles. The lowest BCUT2D eigenvalue weighted by molar-refractivity contribution is -0.138. The molecular weight excluding hydrogens is 528 g/mol. The zero-order chi connectivity index (χ0) is 28.6. The smallest absolute Gasteiger partial charge is 0.327 e. The van der Waals surface area contributed by atoms with Crippen LogP contribution in [0.2, 0.25) is 0 Å². The number of benzene rings is 1. The maximum absolute atomic E-state index is 13.4. The second kappa shape index (κ2) is 13.5. The molecule has 0 aliphatic heterocycles. The normalized spacial score (nSPS) is 12.7. The van der Waals surface area contributed by atoms with Crippen molar-refractivity contribution in [3.63, 3.8) is 0 Å². The molecule has 39 heavy (non-hydrogen) atoms. The number of aryl methyl sites for hydroxylation is 1. The predicted octanol–water partition coefficient (Wildman–Crippen LogP) is 2.19. The van der Waals surface area contributed by atoms with Crippen molar-refractivity contribution in [3.05, 3.63) is 40.3 Å². The monoisotopic (exact) mass is 564 g/mol. The van der Waals surface area contributed by atoms with E-state index < -0.39 is 27.6 Å². The van der Waals surface area contributed by atoms with Gasteiger partial charge in [-0.25, -0.2) is 13.2 Å². The number of carboxylic acids is 1. The van der Waals surface area contributed by atoms with Gasteiger partial charge >= 0.3 is 17.7 Å². The average Bonchev–Trinajstić information content (AvgIpc) is 3.23. The highest BCUT2D eigenvalue weighted by molar-refractivity contribution is 7.89. The van der Waals surface area contributed by atoms with Gasteiger partial charge in [-0.15, -0.1) is 0 Å². The number of methoxy groups -OCH3 is 1. The molecule has 4 N–H and O–H groups in total. The molecule has 0 radical (unpaired) electrons. The Hall–Kier alpha value is -3.49. The van der Waals surface area contributed by atoms with Gasteiger partial charge in [-0.1, -0.05) is 25.5 Å². The fraction of sp³-hybridized carbons (Fsp3) is 0.520. The van der Waals surface area contributed by atoms with Crippen LogP contribution in [0.4, 0.5) is 5.82 Å². The number of unbranched alkanes of at least 4 members (excludes halogenated alkanes) is 2. The lowest BCUT2D eigenvalue weighted by atomic mass is 10.0. The summed E-state index contributed by atoms with van der Waals surface area (Å²) in [7, 11) is -2.44. The summed E-state index contributed by atoms with van der Waals surface area (Å²) < 4.78 is 40.3. The Morgan fingerprint density at radius 2 is 1.97 bits per heavy atom. The lowest BCUT2D eigenvalue weighted by Gasteiger charge is -2.22. The number of sulfonamides is 1. The number of nitrogens with zero attached hydrogens (tertiary/aromatic N) is 4. The number of imidazole rings is 1. The van der Waals surface area contributed by atoms with Crippen LogP contribution in [0.1, 0.15) is 51.0 Å².